The number of rotatable bonds is 8. The highest BCUT2D eigenvalue weighted by Gasteiger charge is 2.14. The summed E-state index contributed by atoms with van der Waals surface area (Å²) in [5.74, 6) is 2.41. The molecular weight excluding hydrogens is 172 g/mol. The van der Waals surface area contributed by atoms with Crippen LogP contribution in [0.25, 0.3) is 0 Å². The predicted molar refractivity (Wildman–Crippen MR) is 62.1 cm³/mol. The lowest BCUT2D eigenvalue weighted by Crippen LogP contribution is -2.20. The molecule has 0 bridgehead atoms. The number of unbranched alkanes of at least 4 members (excludes halogenated alkanes) is 6. The van der Waals surface area contributed by atoms with Crippen LogP contribution in [0, 0.1) is 12.3 Å². The van der Waals surface area contributed by atoms with Gasteiger partial charge in [-0.2, -0.15) is 0 Å². The lowest BCUT2D eigenvalue weighted by atomic mass is 9.98. The van der Waals surface area contributed by atoms with Crippen LogP contribution < -0.4 is 0 Å². The second-order valence-corrected chi connectivity index (χ2v) is 4.29. The molecular formula is C13H24O. The SMILES string of the molecule is C#C[C@@](C)(O)CCCCCCCCC. The van der Waals surface area contributed by atoms with Crippen molar-refractivity contribution in [2.45, 2.75) is 70.8 Å². The fourth-order valence-corrected chi connectivity index (χ4v) is 1.50. The topological polar surface area (TPSA) is 20.2 Å². The highest BCUT2D eigenvalue weighted by Crippen LogP contribution is 2.14. The maximum atomic E-state index is 9.53. The minimum absolute atomic E-state index is 0.733. The summed E-state index contributed by atoms with van der Waals surface area (Å²) in [6, 6.07) is 0. The molecule has 0 fully saturated rings. The first-order chi connectivity index (χ1) is 6.62. The van der Waals surface area contributed by atoms with Gasteiger partial charge in [0, 0.05) is 0 Å². The van der Waals surface area contributed by atoms with Crippen LogP contribution >= 0.6 is 0 Å². The molecule has 0 rings (SSSR count). The van der Waals surface area contributed by atoms with Crippen molar-refractivity contribution in [1.29, 1.82) is 0 Å². The molecule has 1 atom stereocenters. The molecule has 0 unspecified atom stereocenters. The molecule has 0 saturated carbocycles. The smallest absolute Gasteiger partial charge is 0.122 e. The van der Waals surface area contributed by atoms with Crippen molar-refractivity contribution in [1.82, 2.24) is 0 Å². The third kappa shape index (κ3) is 8.13. The van der Waals surface area contributed by atoms with E-state index >= 15 is 0 Å². The molecule has 0 spiro atoms. The van der Waals surface area contributed by atoms with Crippen molar-refractivity contribution >= 4 is 0 Å². The van der Waals surface area contributed by atoms with Crippen LogP contribution in [0.5, 0.6) is 0 Å². The maximum Gasteiger partial charge on any atom is 0.122 e. The molecule has 0 amide bonds. The number of hydrogen-bond donors (Lipinski definition) is 1. The van der Waals surface area contributed by atoms with Crippen LogP contribution in [0.1, 0.15) is 65.2 Å². The summed E-state index contributed by atoms with van der Waals surface area (Å²) in [6.07, 6.45) is 14.8. The first-order valence-corrected chi connectivity index (χ1v) is 5.82. The summed E-state index contributed by atoms with van der Waals surface area (Å²) in [6.45, 7) is 3.94. The summed E-state index contributed by atoms with van der Waals surface area (Å²) in [5, 5.41) is 9.53. The molecule has 0 aromatic carbocycles. The zero-order valence-corrected chi connectivity index (χ0v) is 9.68. The van der Waals surface area contributed by atoms with Gasteiger partial charge in [-0.25, -0.2) is 0 Å². The van der Waals surface area contributed by atoms with Crippen LogP contribution in [-0.2, 0) is 0 Å². The number of terminal acetylenes is 1. The van der Waals surface area contributed by atoms with E-state index in [1.165, 1.54) is 38.5 Å². The van der Waals surface area contributed by atoms with Crippen molar-refractivity contribution in [2.24, 2.45) is 0 Å². The molecule has 0 aromatic heterocycles. The molecule has 1 heteroatoms. The Morgan fingerprint density at radius 2 is 1.57 bits per heavy atom. The van der Waals surface area contributed by atoms with E-state index in [1.807, 2.05) is 0 Å². The molecule has 14 heavy (non-hydrogen) atoms. The largest absolute Gasteiger partial charge is 0.378 e. The zero-order chi connectivity index (χ0) is 10.9. The summed E-state index contributed by atoms with van der Waals surface area (Å²) in [5.41, 5.74) is -0.885. The maximum absolute atomic E-state index is 9.53. The normalized spacial score (nSPS) is 14.7. The Morgan fingerprint density at radius 1 is 1.07 bits per heavy atom. The van der Waals surface area contributed by atoms with Crippen molar-refractivity contribution in [3.8, 4) is 12.3 Å². The number of aliphatic hydroxyl groups is 1. The van der Waals surface area contributed by atoms with Gasteiger partial charge in [0.25, 0.3) is 0 Å². The Balaban J connectivity index is 3.18. The van der Waals surface area contributed by atoms with Gasteiger partial charge in [0.1, 0.15) is 5.60 Å². The van der Waals surface area contributed by atoms with Crippen molar-refractivity contribution < 1.29 is 5.11 Å². The van der Waals surface area contributed by atoms with Crippen LogP contribution in [-0.4, -0.2) is 10.7 Å². The van der Waals surface area contributed by atoms with Gasteiger partial charge in [0.2, 0.25) is 0 Å². The standard InChI is InChI=1S/C13H24O/c1-4-6-7-8-9-10-11-12-13(3,14)5-2/h2,14H,4,6-12H2,1,3H3/t13-/m1/s1. The molecule has 1 nitrogen and oxygen atoms in total. The molecule has 0 aromatic rings. The molecule has 1 N–H and O–H groups in total. The molecule has 0 aliphatic carbocycles. The minimum Gasteiger partial charge on any atom is -0.378 e. The van der Waals surface area contributed by atoms with Crippen LogP contribution in [0.2, 0.25) is 0 Å². The first kappa shape index (κ1) is 13.5. The van der Waals surface area contributed by atoms with E-state index in [9.17, 15) is 5.11 Å². The first-order valence-electron chi connectivity index (χ1n) is 5.82. The third-order valence-electron chi connectivity index (χ3n) is 2.58. The summed E-state index contributed by atoms with van der Waals surface area (Å²) < 4.78 is 0. The molecule has 0 heterocycles. The average molecular weight is 196 g/mol. The Bertz CT molecular complexity index is 165. The second-order valence-electron chi connectivity index (χ2n) is 4.29. The molecule has 0 aliphatic rings. The Kier molecular flexibility index (Phi) is 7.61. The highest BCUT2D eigenvalue weighted by atomic mass is 16.3. The van der Waals surface area contributed by atoms with E-state index in [1.54, 1.807) is 6.92 Å². The Labute approximate surface area is 88.9 Å². The van der Waals surface area contributed by atoms with Gasteiger partial charge in [-0.15, -0.1) is 6.42 Å². The van der Waals surface area contributed by atoms with Crippen molar-refractivity contribution in [3.05, 3.63) is 0 Å². The van der Waals surface area contributed by atoms with E-state index in [2.05, 4.69) is 12.8 Å². The lowest BCUT2D eigenvalue weighted by molar-refractivity contribution is 0.109. The van der Waals surface area contributed by atoms with Crippen LogP contribution in [0.4, 0.5) is 0 Å². The summed E-state index contributed by atoms with van der Waals surface area (Å²) in [4.78, 5) is 0. The van der Waals surface area contributed by atoms with Gasteiger partial charge in [0.05, 0.1) is 0 Å². The van der Waals surface area contributed by atoms with E-state index < -0.39 is 5.60 Å². The lowest BCUT2D eigenvalue weighted by Gasteiger charge is -2.15. The van der Waals surface area contributed by atoms with Gasteiger partial charge < -0.3 is 5.11 Å². The summed E-state index contributed by atoms with van der Waals surface area (Å²) >= 11 is 0. The minimum atomic E-state index is -0.885. The second kappa shape index (κ2) is 7.88. The van der Waals surface area contributed by atoms with Crippen LogP contribution in [0.15, 0.2) is 0 Å². The highest BCUT2D eigenvalue weighted by molar-refractivity contribution is 5.03. The Morgan fingerprint density at radius 3 is 2.07 bits per heavy atom. The average Bonchev–Trinajstić information content (AvgIpc) is 2.16. The van der Waals surface area contributed by atoms with Gasteiger partial charge in [0.15, 0.2) is 0 Å². The van der Waals surface area contributed by atoms with Crippen molar-refractivity contribution in [2.75, 3.05) is 0 Å². The zero-order valence-electron chi connectivity index (χ0n) is 9.68. The quantitative estimate of drug-likeness (QED) is 0.465. The molecule has 0 aliphatic heterocycles. The van der Waals surface area contributed by atoms with E-state index in [0.29, 0.717) is 0 Å². The van der Waals surface area contributed by atoms with Gasteiger partial charge in [-0.1, -0.05) is 51.4 Å². The van der Waals surface area contributed by atoms with Crippen LogP contribution in [0.3, 0.4) is 0 Å². The van der Waals surface area contributed by atoms with Gasteiger partial charge >= 0.3 is 0 Å². The van der Waals surface area contributed by atoms with Gasteiger partial charge in [-0.3, -0.25) is 0 Å². The van der Waals surface area contributed by atoms with E-state index in [0.717, 1.165) is 12.8 Å². The Hall–Kier alpha value is -0.480. The fraction of sp³-hybridized carbons (Fsp3) is 0.846. The molecule has 82 valence electrons. The third-order valence-corrected chi connectivity index (χ3v) is 2.58. The monoisotopic (exact) mass is 196 g/mol. The summed E-state index contributed by atoms with van der Waals surface area (Å²) in [7, 11) is 0. The van der Waals surface area contributed by atoms with E-state index in [-0.39, 0.29) is 0 Å². The molecule has 0 radical (unpaired) electrons. The fourth-order valence-electron chi connectivity index (χ4n) is 1.50. The molecule has 0 saturated heterocycles. The number of hydrogen-bond acceptors (Lipinski definition) is 1. The van der Waals surface area contributed by atoms with Crippen molar-refractivity contribution in [3.63, 3.8) is 0 Å². The van der Waals surface area contributed by atoms with Gasteiger partial charge in [-0.05, 0) is 19.8 Å². The van der Waals surface area contributed by atoms with E-state index in [4.69, 9.17) is 6.42 Å². The predicted octanol–water partition coefficient (Wildman–Crippen LogP) is 3.51.